The average Bonchev–Trinajstić information content (AvgIpc) is 2.17. The van der Waals surface area contributed by atoms with Crippen molar-refractivity contribution >= 4 is 0 Å². The van der Waals surface area contributed by atoms with Crippen LogP contribution in [-0.4, -0.2) is 0 Å². The van der Waals surface area contributed by atoms with E-state index in [0.29, 0.717) is 5.92 Å². The molecule has 1 saturated carbocycles. The van der Waals surface area contributed by atoms with Crippen LogP contribution in [0.1, 0.15) is 32.1 Å². The van der Waals surface area contributed by atoms with Gasteiger partial charge >= 0.3 is 0 Å². The molecule has 3 unspecified atom stereocenters. The van der Waals surface area contributed by atoms with Crippen molar-refractivity contribution in [3.63, 3.8) is 0 Å². The molecule has 0 nitrogen and oxygen atoms in total. The van der Waals surface area contributed by atoms with E-state index in [9.17, 15) is 0 Å². The van der Waals surface area contributed by atoms with E-state index in [1.165, 1.54) is 32.1 Å². The predicted octanol–water partition coefficient (Wildman–Crippen LogP) is 3.00. The molecule has 64 valence electrons. The first-order chi connectivity index (χ1) is 5.92. The van der Waals surface area contributed by atoms with Gasteiger partial charge in [0.15, 0.2) is 0 Å². The van der Waals surface area contributed by atoms with Crippen molar-refractivity contribution in [3.05, 3.63) is 12.2 Å². The first kappa shape index (κ1) is 7.92. The minimum atomic E-state index is 0.578. The van der Waals surface area contributed by atoms with Crippen LogP contribution in [0.5, 0.6) is 0 Å². The SMILES string of the molecule is C#CC1CCCC2CC=CCC12. The minimum Gasteiger partial charge on any atom is -0.120 e. The topological polar surface area (TPSA) is 0 Å². The number of rotatable bonds is 0. The molecule has 0 N–H and O–H groups in total. The maximum Gasteiger partial charge on any atom is 0.0234 e. The van der Waals surface area contributed by atoms with Gasteiger partial charge in [-0.15, -0.1) is 12.3 Å². The zero-order valence-electron chi connectivity index (χ0n) is 7.50. The molecule has 0 spiro atoms. The Hall–Kier alpha value is -0.700. The molecule has 0 saturated heterocycles. The van der Waals surface area contributed by atoms with E-state index in [1.807, 2.05) is 0 Å². The molecule has 2 aliphatic carbocycles. The Balaban J connectivity index is 2.11. The van der Waals surface area contributed by atoms with Crippen molar-refractivity contribution in [2.24, 2.45) is 17.8 Å². The first-order valence-electron chi connectivity index (χ1n) is 5.03. The van der Waals surface area contributed by atoms with Crippen LogP contribution in [0.15, 0.2) is 12.2 Å². The summed E-state index contributed by atoms with van der Waals surface area (Å²) in [5.74, 6) is 5.27. The van der Waals surface area contributed by atoms with Gasteiger partial charge in [-0.1, -0.05) is 18.6 Å². The average molecular weight is 160 g/mol. The van der Waals surface area contributed by atoms with Crippen LogP contribution in [0.4, 0.5) is 0 Å². The highest BCUT2D eigenvalue weighted by Crippen LogP contribution is 2.40. The molecule has 0 heteroatoms. The van der Waals surface area contributed by atoms with Crippen LogP contribution in [0.2, 0.25) is 0 Å². The Labute approximate surface area is 75.1 Å². The quantitative estimate of drug-likeness (QED) is 0.377. The molecule has 0 aromatic rings. The molecule has 0 heterocycles. The molecule has 0 aromatic carbocycles. The van der Waals surface area contributed by atoms with E-state index < -0.39 is 0 Å². The lowest BCUT2D eigenvalue weighted by atomic mass is 9.68. The summed E-state index contributed by atoms with van der Waals surface area (Å²) in [4.78, 5) is 0. The van der Waals surface area contributed by atoms with E-state index in [4.69, 9.17) is 6.42 Å². The van der Waals surface area contributed by atoms with E-state index in [0.717, 1.165) is 11.8 Å². The third-order valence-electron chi connectivity index (χ3n) is 3.44. The summed E-state index contributed by atoms with van der Waals surface area (Å²) < 4.78 is 0. The van der Waals surface area contributed by atoms with Gasteiger partial charge in [-0.3, -0.25) is 0 Å². The lowest BCUT2D eigenvalue weighted by molar-refractivity contribution is 0.186. The van der Waals surface area contributed by atoms with Crippen molar-refractivity contribution in [2.45, 2.75) is 32.1 Å². The van der Waals surface area contributed by atoms with Crippen LogP contribution in [0.25, 0.3) is 0 Å². The van der Waals surface area contributed by atoms with Crippen molar-refractivity contribution in [3.8, 4) is 12.3 Å². The van der Waals surface area contributed by atoms with Gasteiger partial charge < -0.3 is 0 Å². The third-order valence-corrected chi connectivity index (χ3v) is 3.44. The summed E-state index contributed by atoms with van der Waals surface area (Å²) in [5.41, 5.74) is 0. The Bertz CT molecular complexity index is 219. The molecule has 0 aliphatic heterocycles. The smallest absolute Gasteiger partial charge is 0.0234 e. The lowest BCUT2D eigenvalue weighted by Gasteiger charge is -2.36. The maximum atomic E-state index is 5.54. The minimum absolute atomic E-state index is 0.578. The highest BCUT2D eigenvalue weighted by molar-refractivity contribution is 5.06. The molecule has 2 aliphatic rings. The molecule has 3 atom stereocenters. The number of allylic oxidation sites excluding steroid dienone is 2. The van der Waals surface area contributed by atoms with E-state index >= 15 is 0 Å². The summed E-state index contributed by atoms with van der Waals surface area (Å²) in [6.07, 6.45) is 16.7. The molecule has 0 amide bonds. The largest absolute Gasteiger partial charge is 0.120 e. The number of hydrogen-bond acceptors (Lipinski definition) is 0. The molecule has 0 aromatic heterocycles. The lowest BCUT2D eigenvalue weighted by Crippen LogP contribution is -2.28. The fourth-order valence-electron chi connectivity index (χ4n) is 2.74. The summed E-state index contributed by atoms with van der Waals surface area (Å²) in [5, 5.41) is 0. The first-order valence-corrected chi connectivity index (χ1v) is 5.03. The van der Waals surface area contributed by atoms with E-state index in [-0.39, 0.29) is 0 Å². The zero-order chi connectivity index (χ0) is 8.39. The Morgan fingerprint density at radius 1 is 1.17 bits per heavy atom. The van der Waals surface area contributed by atoms with Crippen LogP contribution in [-0.2, 0) is 0 Å². The molecule has 0 radical (unpaired) electrons. The predicted molar refractivity (Wildman–Crippen MR) is 51.5 cm³/mol. The maximum absolute atomic E-state index is 5.54. The second-order valence-electron chi connectivity index (χ2n) is 4.07. The standard InChI is InChI=1S/C12H16/c1-2-10-7-5-8-11-6-3-4-9-12(10)11/h1,3-4,10-12H,5-9H2. The highest BCUT2D eigenvalue weighted by Gasteiger charge is 2.31. The molecular formula is C12H16. The molecular weight excluding hydrogens is 144 g/mol. The molecule has 0 bridgehead atoms. The van der Waals surface area contributed by atoms with Crippen molar-refractivity contribution in [2.75, 3.05) is 0 Å². The number of terminal acetylenes is 1. The van der Waals surface area contributed by atoms with E-state index in [1.54, 1.807) is 0 Å². The van der Waals surface area contributed by atoms with Gasteiger partial charge in [0.1, 0.15) is 0 Å². The second kappa shape index (κ2) is 3.35. The Morgan fingerprint density at radius 3 is 2.83 bits per heavy atom. The highest BCUT2D eigenvalue weighted by atomic mass is 14.4. The van der Waals surface area contributed by atoms with Crippen LogP contribution >= 0.6 is 0 Å². The van der Waals surface area contributed by atoms with Crippen LogP contribution in [0, 0.1) is 30.1 Å². The van der Waals surface area contributed by atoms with Gasteiger partial charge in [0.25, 0.3) is 0 Å². The van der Waals surface area contributed by atoms with Gasteiger partial charge in [0.2, 0.25) is 0 Å². The fourth-order valence-corrected chi connectivity index (χ4v) is 2.74. The Morgan fingerprint density at radius 2 is 2.00 bits per heavy atom. The van der Waals surface area contributed by atoms with Crippen LogP contribution < -0.4 is 0 Å². The normalized spacial score (nSPS) is 40.1. The van der Waals surface area contributed by atoms with Crippen molar-refractivity contribution in [1.82, 2.24) is 0 Å². The number of hydrogen-bond donors (Lipinski definition) is 0. The number of fused-ring (bicyclic) bond motifs is 1. The monoisotopic (exact) mass is 160 g/mol. The van der Waals surface area contributed by atoms with E-state index in [2.05, 4.69) is 18.1 Å². The van der Waals surface area contributed by atoms with Crippen molar-refractivity contribution < 1.29 is 0 Å². The van der Waals surface area contributed by atoms with Gasteiger partial charge in [0.05, 0.1) is 0 Å². The summed E-state index contributed by atoms with van der Waals surface area (Å²) in [6, 6.07) is 0. The Kier molecular flexibility index (Phi) is 2.21. The summed E-state index contributed by atoms with van der Waals surface area (Å²) in [6.45, 7) is 0. The van der Waals surface area contributed by atoms with Crippen molar-refractivity contribution in [1.29, 1.82) is 0 Å². The molecule has 2 rings (SSSR count). The van der Waals surface area contributed by atoms with Crippen LogP contribution in [0.3, 0.4) is 0 Å². The zero-order valence-corrected chi connectivity index (χ0v) is 7.50. The summed E-state index contributed by atoms with van der Waals surface area (Å²) in [7, 11) is 0. The molecule has 12 heavy (non-hydrogen) atoms. The van der Waals surface area contributed by atoms with Gasteiger partial charge in [0, 0.05) is 5.92 Å². The van der Waals surface area contributed by atoms with Gasteiger partial charge in [-0.05, 0) is 37.5 Å². The van der Waals surface area contributed by atoms with Gasteiger partial charge in [-0.2, -0.15) is 0 Å². The second-order valence-corrected chi connectivity index (χ2v) is 4.07. The fraction of sp³-hybridized carbons (Fsp3) is 0.667. The molecule has 1 fully saturated rings. The summed E-state index contributed by atoms with van der Waals surface area (Å²) >= 11 is 0. The third kappa shape index (κ3) is 1.29. The van der Waals surface area contributed by atoms with Gasteiger partial charge in [-0.25, -0.2) is 0 Å².